The van der Waals surface area contributed by atoms with E-state index in [1.165, 1.54) is 37.1 Å². The van der Waals surface area contributed by atoms with E-state index >= 15 is 0 Å². The van der Waals surface area contributed by atoms with Gasteiger partial charge in [-0.15, -0.1) is 0 Å². The van der Waals surface area contributed by atoms with Crippen molar-refractivity contribution in [3.63, 3.8) is 0 Å². The van der Waals surface area contributed by atoms with Crippen molar-refractivity contribution in [3.05, 3.63) is 23.9 Å². The van der Waals surface area contributed by atoms with Crippen molar-refractivity contribution in [2.24, 2.45) is 5.92 Å². The molecule has 2 heterocycles. The van der Waals surface area contributed by atoms with Gasteiger partial charge in [0.2, 0.25) is 0 Å². The first-order chi connectivity index (χ1) is 9.70. The molecule has 3 heteroatoms. The Kier molecular flexibility index (Phi) is 5.84. The van der Waals surface area contributed by atoms with E-state index in [1.807, 2.05) is 12.3 Å². The Morgan fingerprint density at radius 3 is 2.95 bits per heavy atom. The zero-order chi connectivity index (χ0) is 14.4. The molecule has 20 heavy (non-hydrogen) atoms. The minimum absolute atomic E-state index is 0.511. The summed E-state index contributed by atoms with van der Waals surface area (Å²) in [5.74, 6) is 2.10. The van der Waals surface area contributed by atoms with Crippen LogP contribution in [0.2, 0.25) is 0 Å². The third kappa shape index (κ3) is 4.20. The third-order valence-corrected chi connectivity index (χ3v) is 4.29. The van der Waals surface area contributed by atoms with Crippen molar-refractivity contribution in [1.82, 2.24) is 10.3 Å². The molecule has 1 N–H and O–H groups in total. The first-order valence-electron chi connectivity index (χ1n) is 8.13. The molecule has 2 rings (SSSR count). The van der Waals surface area contributed by atoms with Gasteiger partial charge in [0.15, 0.2) is 0 Å². The van der Waals surface area contributed by atoms with Crippen molar-refractivity contribution in [1.29, 1.82) is 0 Å². The van der Waals surface area contributed by atoms with Crippen LogP contribution in [0.5, 0.6) is 0 Å². The molecule has 1 atom stereocenters. The SMILES string of the molecule is CCC1CCCN(c2ncccc2CNC(C)C)CC1. The van der Waals surface area contributed by atoms with E-state index in [4.69, 9.17) is 0 Å². The van der Waals surface area contributed by atoms with Crippen LogP contribution in [0, 0.1) is 5.92 Å². The molecule has 0 aromatic carbocycles. The van der Waals surface area contributed by atoms with Gasteiger partial charge in [0, 0.05) is 37.4 Å². The molecule has 1 aromatic rings. The highest BCUT2D eigenvalue weighted by molar-refractivity contribution is 5.46. The number of nitrogens with one attached hydrogen (secondary N) is 1. The molecule has 0 spiro atoms. The number of aromatic nitrogens is 1. The van der Waals surface area contributed by atoms with E-state index < -0.39 is 0 Å². The topological polar surface area (TPSA) is 28.2 Å². The number of pyridine rings is 1. The van der Waals surface area contributed by atoms with Crippen molar-refractivity contribution in [2.45, 2.75) is 59.0 Å². The lowest BCUT2D eigenvalue weighted by Gasteiger charge is -2.24. The maximum atomic E-state index is 4.66. The average Bonchev–Trinajstić information content (AvgIpc) is 2.70. The monoisotopic (exact) mass is 275 g/mol. The summed E-state index contributed by atoms with van der Waals surface area (Å²) in [5.41, 5.74) is 1.33. The van der Waals surface area contributed by atoms with Crippen LogP contribution >= 0.6 is 0 Å². The highest BCUT2D eigenvalue weighted by Crippen LogP contribution is 2.25. The Morgan fingerprint density at radius 2 is 2.20 bits per heavy atom. The summed E-state index contributed by atoms with van der Waals surface area (Å²) in [5, 5.41) is 3.51. The molecule has 0 radical (unpaired) electrons. The van der Waals surface area contributed by atoms with Crippen LogP contribution in [-0.4, -0.2) is 24.1 Å². The molecule has 1 unspecified atom stereocenters. The number of anilines is 1. The summed E-state index contributed by atoms with van der Waals surface area (Å²) in [4.78, 5) is 7.15. The molecule has 1 saturated heterocycles. The molecule has 1 aliphatic heterocycles. The Bertz CT molecular complexity index is 403. The second-order valence-corrected chi connectivity index (χ2v) is 6.21. The third-order valence-electron chi connectivity index (χ3n) is 4.29. The van der Waals surface area contributed by atoms with E-state index in [1.54, 1.807) is 0 Å². The average molecular weight is 275 g/mol. The fourth-order valence-electron chi connectivity index (χ4n) is 2.95. The lowest BCUT2D eigenvalue weighted by molar-refractivity contribution is 0.459. The highest BCUT2D eigenvalue weighted by atomic mass is 15.2. The van der Waals surface area contributed by atoms with E-state index in [2.05, 4.69) is 42.0 Å². The molecule has 0 bridgehead atoms. The van der Waals surface area contributed by atoms with E-state index in [9.17, 15) is 0 Å². The van der Waals surface area contributed by atoms with Crippen LogP contribution in [0.1, 0.15) is 52.0 Å². The predicted molar refractivity (Wildman–Crippen MR) is 86.1 cm³/mol. The minimum Gasteiger partial charge on any atom is -0.356 e. The van der Waals surface area contributed by atoms with Gasteiger partial charge < -0.3 is 10.2 Å². The quantitative estimate of drug-likeness (QED) is 0.890. The number of rotatable bonds is 5. The molecule has 1 aliphatic rings. The fraction of sp³-hybridized carbons (Fsp3) is 0.706. The van der Waals surface area contributed by atoms with Crippen LogP contribution in [0.15, 0.2) is 18.3 Å². The zero-order valence-electron chi connectivity index (χ0n) is 13.2. The van der Waals surface area contributed by atoms with Crippen LogP contribution in [0.4, 0.5) is 5.82 Å². The molecular weight excluding hydrogens is 246 g/mol. The van der Waals surface area contributed by atoms with Gasteiger partial charge in [-0.25, -0.2) is 4.98 Å². The number of hydrogen-bond acceptors (Lipinski definition) is 3. The Balaban J connectivity index is 2.07. The first-order valence-corrected chi connectivity index (χ1v) is 8.13. The molecule has 1 aromatic heterocycles. The van der Waals surface area contributed by atoms with Gasteiger partial charge in [-0.1, -0.05) is 33.3 Å². The Morgan fingerprint density at radius 1 is 1.35 bits per heavy atom. The highest BCUT2D eigenvalue weighted by Gasteiger charge is 2.18. The van der Waals surface area contributed by atoms with Crippen LogP contribution in [-0.2, 0) is 6.54 Å². The van der Waals surface area contributed by atoms with E-state index in [-0.39, 0.29) is 0 Å². The van der Waals surface area contributed by atoms with Gasteiger partial charge in [-0.2, -0.15) is 0 Å². The van der Waals surface area contributed by atoms with Gasteiger partial charge in [-0.3, -0.25) is 0 Å². The second kappa shape index (κ2) is 7.63. The number of hydrogen-bond donors (Lipinski definition) is 1. The summed E-state index contributed by atoms with van der Waals surface area (Å²) >= 11 is 0. The van der Waals surface area contributed by atoms with Crippen molar-refractivity contribution < 1.29 is 0 Å². The molecule has 0 aliphatic carbocycles. The molecular formula is C17H29N3. The van der Waals surface area contributed by atoms with Crippen molar-refractivity contribution in [3.8, 4) is 0 Å². The Hall–Kier alpha value is -1.09. The van der Waals surface area contributed by atoms with Gasteiger partial charge in [0.1, 0.15) is 5.82 Å². The largest absolute Gasteiger partial charge is 0.356 e. The standard InChI is InChI=1S/C17H29N3/c1-4-15-7-6-11-20(12-9-15)17-16(8-5-10-18-17)13-19-14(2)3/h5,8,10,14-15,19H,4,6-7,9,11-13H2,1-3H3. The number of nitrogens with zero attached hydrogens (tertiary/aromatic N) is 2. The molecule has 112 valence electrons. The molecule has 0 saturated carbocycles. The van der Waals surface area contributed by atoms with Crippen LogP contribution in [0.25, 0.3) is 0 Å². The van der Waals surface area contributed by atoms with Gasteiger partial charge >= 0.3 is 0 Å². The molecule has 1 fully saturated rings. The minimum atomic E-state index is 0.511. The maximum absolute atomic E-state index is 4.66. The summed E-state index contributed by atoms with van der Waals surface area (Å²) in [6.45, 7) is 9.92. The lowest BCUT2D eigenvalue weighted by atomic mass is 9.98. The smallest absolute Gasteiger partial charge is 0.133 e. The van der Waals surface area contributed by atoms with Crippen LogP contribution in [0.3, 0.4) is 0 Å². The zero-order valence-corrected chi connectivity index (χ0v) is 13.2. The summed E-state index contributed by atoms with van der Waals surface area (Å²) in [7, 11) is 0. The first kappa shape index (κ1) is 15.3. The lowest BCUT2D eigenvalue weighted by Crippen LogP contribution is -2.28. The Labute approximate surface area is 123 Å². The fourth-order valence-corrected chi connectivity index (χ4v) is 2.95. The van der Waals surface area contributed by atoms with E-state index in [0.29, 0.717) is 6.04 Å². The summed E-state index contributed by atoms with van der Waals surface area (Å²) < 4.78 is 0. The van der Waals surface area contributed by atoms with Gasteiger partial charge in [0.05, 0.1) is 0 Å². The molecule has 0 amide bonds. The van der Waals surface area contributed by atoms with Gasteiger partial charge in [-0.05, 0) is 31.2 Å². The van der Waals surface area contributed by atoms with Crippen molar-refractivity contribution in [2.75, 3.05) is 18.0 Å². The van der Waals surface area contributed by atoms with Gasteiger partial charge in [0.25, 0.3) is 0 Å². The molecule has 3 nitrogen and oxygen atoms in total. The summed E-state index contributed by atoms with van der Waals surface area (Å²) in [6.07, 6.45) is 7.23. The van der Waals surface area contributed by atoms with E-state index in [0.717, 1.165) is 25.6 Å². The summed E-state index contributed by atoms with van der Waals surface area (Å²) in [6, 6.07) is 4.77. The predicted octanol–water partition coefficient (Wildman–Crippen LogP) is 3.60. The second-order valence-electron chi connectivity index (χ2n) is 6.21. The normalized spacial score (nSPS) is 20.2. The van der Waals surface area contributed by atoms with Crippen LogP contribution < -0.4 is 10.2 Å². The van der Waals surface area contributed by atoms with Crippen molar-refractivity contribution >= 4 is 5.82 Å². The maximum Gasteiger partial charge on any atom is 0.133 e.